The van der Waals surface area contributed by atoms with Crippen LogP contribution in [0.25, 0.3) is 10.8 Å². The molecule has 0 aromatic heterocycles. The van der Waals surface area contributed by atoms with Crippen LogP contribution in [0.15, 0.2) is 72.8 Å². The van der Waals surface area contributed by atoms with Crippen molar-refractivity contribution < 1.29 is 19.1 Å². The molecule has 3 aromatic carbocycles. The second-order valence-electron chi connectivity index (χ2n) is 10.4. The number of ether oxygens (including phenoxy) is 1. The fourth-order valence-corrected chi connectivity index (χ4v) is 5.20. The number of fused-ring (bicyclic) bond motifs is 1. The van der Waals surface area contributed by atoms with Gasteiger partial charge in [-0.1, -0.05) is 72.8 Å². The Hall–Kier alpha value is -3.75. The average molecular weight is 545 g/mol. The first-order valence-corrected chi connectivity index (χ1v) is 13.9. The Morgan fingerprint density at radius 3 is 2.20 bits per heavy atom. The molecule has 3 amide bonds. The highest BCUT2D eigenvalue weighted by molar-refractivity contribution is 5.92. The van der Waals surface area contributed by atoms with Gasteiger partial charge in [-0.2, -0.15) is 0 Å². The molecule has 0 radical (unpaired) electrons. The number of amides is 3. The van der Waals surface area contributed by atoms with E-state index >= 15 is 0 Å². The number of nitrogens with one attached hydrogen (secondary N) is 2. The SMILES string of the molecule is CNC(=O)[C@@H](Cc1ccccc1)N(C)C(=O)[C@H](Cc1ccc2ccccc2c1)N(C)C(=O)COC1CCNCC1. The van der Waals surface area contributed by atoms with Gasteiger partial charge >= 0.3 is 0 Å². The number of nitrogens with zero attached hydrogens (tertiary/aromatic N) is 2. The molecule has 1 saturated heterocycles. The minimum atomic E-state index is -0.807. The lowest BCUT2D eigenvalue weighted by Gasteiger charge is -2.35. The highest BCUT2D eigenvalue weighted by Crippen LogP contribution is 2.20. The first kappa shape index (κ1) is 29.2. The maximum Gasteiger partial charge on any atom is 0.249 e. The van der Waals surface area contributed by atoms with Gasteiger partial charge < -0.3 is 25.2 Å². The molecule has 40 heavy (non-hydrogen) atoms. The maximum atomic E-state index is 14.1. The van der Waals surface area contributed by atoms with Gasteiger partial charge in [0.15, 0.2) is 0 Å². The first-order valence-electron chi connectivity index (χ1n) is 13.9. The van der Waals surface area contributed by atoms with E-state index in [0.29, 0.717) is 12.8 Å². The molecule has 8 heteroatoms. The molecule has 0 saturated carbocycles. The average Bonchev–Trinajstić information content (AvgIpc) is 3.00. The minimum absolute atomic E-state index is 0.0272. The molecule has 3 aromatic rings. The Balaban J connectivity index is 1.58. The topological polar surface area (TPSA) is 91.0 Å². The Labute approximate surface area is 236 Å². The normalized spacial score (nSPS) is 15.3. The fourth-order valence-electron chi connectivity index (χ4n) is 5.20. The Morgan fingerprint density at radius 2 is 1.50 bits per heavy atom. The molecule has 0 aliphatic carbocycles. The number of rotatable bonds is 11. The second-order valence-corrected chi connectivity index (χ2v) is 10.4. The largest absolute Gasteiger partial charge is 0.368 e. The van der Waals surface area contributed by atoms with Crippen LogP contribution in [0.5, 0.6) is 0 Å². The summed E-state index contributed by atoms with van der Waals surface area (Å²) in [6.07, 6.45) is 2.41. The van der Waals surface area contributed by atoms with Crippen molar-refractivity contribution in [3.8, 4) is 0 Å². The van der Waals surface area contributed by atoms with E-state index in [1.54, 1.807) is 21.1 Å². The summed E-state index contributed by atoms with van der Waals surface area (Å²) in [6, 6.07) is 22.2. The summed E-state index contributed by atoms with van der Waals surface area (Å²) < 4.78 is 5.93. The van der Waals surface area contributed by atoms with E-state index in [1.807, 2.05) is 66.7 Å². The third kappa shape index (κ3) is 7.46. The number of hydrogen-bond acceptors (Lipinski definition) is 5. The molecule has 8 nitrogen and oxygen atoms in total. The lowest BCUT2D eigenvalue weighted by molar-refractivity contribution is -0.150. The van der Waals surface area contributed by atoms with Crippen LogP contribution in [0.2, 0.25) is 0 Å². The zero-order chi connectivity index (χ0) is 28.5. The van der Waals surface area contributed by atoms with Gasteiger partial charge in [0.05, 0.1) is 6.10 Å². The number of carbonyl (C=O) groups excluding carboxylic acids is 3. The van der Waals surface area contributed by atoms with Crippen LogP contribution in [0.1, 0.15) is 24.0 Å². The van der Waals surface area contributed by atoms with Crippen molar-refractivity contribution in [2.45, 2.75) is 43.9 Å². The van der Waals surface area contributed by atoms with Gasteiger partial charge in [-0.3, -0.25) is 14.4 Å². The van der Waals surface area contributed by atoms with Crippen molar-refractivity contribution >= 4 is 28.5 Å². The maximum absolute atomic E-state index is 14.1. The van der Waals surface area contributed by atoms with Gasteiger partial charge in [0, 0.05) is 34.0 Å². The highest BCUT2D eigenvalue weighted by Gasteiger charge is 2.35. The van der Waals surface area contributed by atoms with E-state index in [2.05, 4.69) is 16.7 Å². The summed E-state index contributed by atoms with van der Waals surface area (Å²) in [5, 5.41) is 8.16. The van der Waals surface area contributed by atoms with E-state index in [9.17, 15) is 14.4 Å². The van der Waals surface area contributed by atoms with Crippen molar-refractivity contribution in [2.75, 3.05) is 40.8 Å². The summed E-state index contributed by atoms with van der Waals surface area (Å²) in [5.74, 6) is -0.812. The van der Waals surface area contributed by atoms with Gasteiger partial charge in [-0.25, -0.2) is 0 Å². The molecule has 1 fully saturated rings. The highest BCUT2D eigenvalue weighted by atomic mass is 16.5. The lowest BCUT2D eigenvalue weighted by Crippen LogP contribution is -2.56. The molecular weight excluding hydrogens is 504 g/mol. The van der Waals surface area contributed by atoms with Crippen molar-refractivity contribution in [2.24, 2.45) is 0 Å². The number of piperidine rings is 1. The van der Waals surface area contributed by atoms with E-state index in [4.69, 9.17) is 4.74 Å². The van der Waals surface area contributed by atoms with Gasteiger partial charge in [-0.15, -0.1) is 0 Å². The van der Waals surface area contributed by atoms with Crippen LogP contribution in [0.3, 0.4) is 0 Å². The molecule has 212 valence electrons. The molecule has 1 aliphatic rings. The lowest BCUT2D eigenvalue weighted by atomic mass is 9.98. The molecule has 1 heterocycles. The van der Waals surface area contributed by atoms with E-state index in [0.717, 1.165) is 47.8 Å². The van der Waals surface area contributed by atoms with Crippen LogP contribution in [-0.4, -0.2) is 86.5 Å². The molecule has 4 rings (SSSR count). The fraction of sp³-hybridized carbons (Fsp3) is 0.406. The zero-order valence-electron chi connectivity index (χ0n) is 23.6. The molecule has 0 bridgehead atoms. The van der Waals surface area contributed by atoms with Crippen LogP contribution in [0.4, 0.5) is 0 Å². The van der Waals surface area contributed by atoms with Gasteiger partial charge in [0.1, 0.15) is 18.7 Å². The number of hydrogen-bond donors (Lipinski definition) is 2. The Bertz CT molecular complexity index is 1290. The van der Waals surface area contributed by atoms with Crippen molar-refractivity contribution in [3.63, 3.8) is 0 Å². The molecule has 0 unspecified atom stereocenters. The van der Waals surface area contributed by atoms with Crippen LogP contribution < -0.4 is 10.6 Å². The number of carbonyl (C=O) groups is 3. The van der Waals surface area contributed by atoms with E-state index in [-0.39, 0.29) is 30.4 Å². The molecular formula is C32H40N4O4. The first-order chi connectivity index (χ1) is 19.4. The predicted molar refractivity (Wildman–Crippen MR) is 157 cm³/mol. The molecule has 1 aliphatic heterocycles. The standard InChI is InChI=1S/C32H40N4O4/c1-33-31(38)28(20-23-9-5-4-6-10-23)36(3)32(39)29(21-24-13-14-25-11-7-8-12-26(25)19-24)35(2)30(37)22-40-27-15-17-34-18-16-27/h4-14,19,27-29,34H,15-18,20-22H2,1-3H3,(H,33,38)/t28-,29+/m1/s1. The van der Waals surface area contributed by atoms with Gasteiger partial charge in [0.2, 0.25) is 17.7 Å². The van der Waals surface area contributed by atoms with Crippen LogP contribution >= 0.6 is 0 Å². The minimum Gasteiger partial charge on any atom is -0.368 e. The third-order valence-electron chi connectivity index (χ3n) is 7.75. The van der Waals surface area contributed by atoms with Gasteiger partial charge in [0.25, 0.3) is 0 Å². The zero-order valence-corrected chi connectivity index (χ0v) is 23.6. The summed E-state index contributed by atoms with van der Waals surface area (Å²) >= 11 is 0. The Morgan fingerprint density at radius 1 is 0.850 bits per heavy atom. The molecule has 2 atom stereocenters. The van der Waals surface area contributed by atoms with Gasteiger partial charge in [-0.05, 0) is 47.8 Å². The van der Waals surface area contributed by atoms with Crippen LogP contribution in [-0.2, 0) is 32.0 Å². The van der Waals surface area contributed by atoms with Crippen molar-refractivity contribution in [3.05, 3.63) is 83.9 Å². The Kier molecular flexibility index (Phi) is 10.3. The summed E-state index contributed by atoms with van der Waals surface area (Å²) in [6.45, 7) is 1.64. The smallest absolute Gasteiger partial charge is 0.249 e. The second kappa shape index (κ2) is 14.1. The summed E-state index contributed by atoms with van der Waals surface area (Å²) in [4.78, 5) is 43.4. The van der Waals surface area contributed by atoms with Crippen molar-refractivity contribution in [1.82, 2.24) is 20.4 Å². The van der Waals surface area contributed by atoms with Crippen molar-refractivity contribution in [1.29, 1.82) is 0 Å². The number of likely N-dealkylation sites (N-methyl/N-ethyl adjacent to an activating group) is 3. The molecule has 0 spiro atoms. The predicted octanol–water partition coefficient (Wildman–Crippen LogP) is 2.79. The molecule has 2 N–H and O–H groups in total. The van der Waals surface area contributed by atoms with Crippen LogP contribution in [0, 0.1) is 0 Å². The third-order valence-corrected chi connectivity index (χ3v) is 7.75. The summed E-state index contributed by atoms with van der Waals surface area (Å²) in [7, 11) is 4.86. The van der Waals surface area contributed by atoms with E-state index < -0.39 is 12.1 Å². The van der Waals surface area contributed by atoms with E-state index in [1.165, 1.54) is 9.80 Å². The monoisotopic (exact) mass is 544 g/mol. The summed E-state index contributed by atoms with van der Waals surface area (Å²) in [5.41, 5.74) is 1.88. The quantitative estimate of drug-likeness (QED) is 0.388. The number of benzene rings is 3.